The largest absolute Gasteiger partial charge is 0.383 e. The molecule has 1 aromatic heterocycles. The first-order valence-corrected chi connectivity index (χ1v) is 8.21. The molecule has 0 bridgehead atoms. The van der Waals surface area contributed by atoms with Crippen molar-refractivity contribution in [2.75, 3.05) is 25.0 Å². The number of anilines is 1. The van der Waals surface area contributed by atoms with E-state index in [4.69, 9.17) is 0 Å². The first-order chi connectivity index (χ1) is 10.2. The maximum atomic E-state index is 12.8. The van der Waals surface area contributed by atoms with Crippen LogP contribution in [0.5, 0.6) is 0 Å². The first kappa shape index (κ1) is 17.5. The number of pyridine rings is 1. The molecule has 0 aromatic carbocycles. The number of hydrogen-bond donors (Lipinski definition) is 1. The van der Waals surface area contributed by atoms with Crippen molar-refractivity contribution in [1.29, 1.82) is 0 Å². The van der Waals surface area contributed by atoms with E-state index in [1.54, 1.807) is 12.4 Å². The molecule has 0 atom stereocenters. The van der Waals surface area contributed by atoms with Crippen LogP contribution in [0, 0.1) is 0 Å². The highest BCUT2D eigenvalue weighted by atomic mass is 16.2. The minimum Gasteiger partial charge on any atom is -0.383 e. The Balaban J connectivity index is 2.85. The molecule has 1 amide bonds. The second kappa shape index (κ2) is 10.2. The molecule has 0 unspecified atom stereocenters. The second-order valence-electron chi connectivity index (χ2n) is 5.35. The summed E-state index contributed by atoms with van der Waals surface area (Å²) in [5.41, 5.74) is 1.59. The van der Waals surface area contributed by atoms with Crippen molar-refractivity contribution in [2.24, 2.45) is 0 Å². The molecule has 21 heavy (non-hydrogen) atoms. The van der Waals surface area contributed by atoms with Crippen molar-refractivity contribution in [3.63, 3.8) is 0 Å². The van der Waals surface area contributed by atoms with Crippen molar-refractivity contribution in [1.82, 2.24) is 9.88 Å². The highest BCUT2D eigenvalue weighted by Crippen LogP contribution is 2.17. The number of unbranched alkanes of at least 4 members (excludes halogenated alkanes) is 2. The van der Waals surface area contributed by atoms with Gasteiger partial charge >= 0.3 is 0 Å². The number of carbonyl (C=O) groups is 1. The number of hydrogen-bond acceptors (Lipinski definition) is 3. The van der Waals surface area contributed by atoms with E-state index in [1.165, 1.54) is 0 Å². The third-order valence-electron chi connectivity index (χ3n) is 3.47. The average molecular weight is 291 g/mol. The molecule has 0 radical (unpaired) electrons. The van der Waals surface area contributed by atoms with Crippen LogP contribution >= 0.6 is 0 Å². The van der Waals surface area contributed by atoms with Crippen LogP contribution in [0.1, 0.15) is 63.2 Å². The van der Waals surface area contributed by atoms with Crippen LogP contribution in [0.3, 0.4) is 0 Å². The van der Waals surface area contributed by atoms with Gasteiger partial charge in [-0.3, -0.25) is 9.78 Å². The van der Waals surface area contributed by atoms with Gasteiger partial charge in [0.15, 0.2) is 0 Å². The number of nitrogens with one attached hydrogen (secondary N) is 1. The maximum absolute atomic E-state index is 12.8. The molecule has 1 heterocycles. The van der Waals surface area contributed by atoms with E-state index < -0.39 is 0 Å². The van der Waals surface area contributed by atoms with Crippen LogP contribution in [0.2, 0.25) is 0 Å². The molecule has 0 spiro atoms. The van der Waals surface area contributed by atoms with Crippen LogP contribution < -0.4 is 5.32 Å². The number of amides is 1. The fraction of sp³-hybridized carbons (Fsp3) is 0.647. The van der Waals surface area contributed by atoms with Crippen molar-refractivity contribution in [3.05, 3.63) is 24.0 Å². The molecule has 1 aromatic rings. The van der Waals surface area contributed by atoms with Gasteiger partial charge in [-0.05, 0) is 25.3 Å². The van der Waals surface area contributed by atoms with Crippen molar-refractivity contribution in [3.8, 4) is 0 Å². The van der Waals surface area contributed by atoms with Gasteiger partial charge in [0, 0.05) is 25.8 Å². The molecule has 4 nitrogen and oxygen atoms in total. The SMILES string of the molecule is CCCCN(CCCC)C(=O)c1ccncc1NCCC. The van der Waals surface area contributed by atoms with Gasteiger partial charge < -0.3 is 10.2 Å². The van der Waals surface area contributed by atoms with Crippen molar-refractivity contribution >= 4 is 11.6 Å². The molecule has 0 aliphatic heterocycles. The standard InChI is InChI=1S/C17H29N3O/c1-4-7-12-20(13-8-5-2)17(21)15-9-11-18-14-16(15)19-10-6-3/h9,11,14,19H,4-8,10,12-13H2,1-3H3. The molecule has 0 aliphatic carbocycles. The summed E-state index contributed by atoms with van der Waals surface area (Å²) in [6, 6.07) is 1.82. The fourth-order valence-corrected chi connectivity index (χ4v) is 2.16. The smallest absolute Gasteiger partial charge is 0.256 e. The van der Waals surface area contributed by atoms with E-state index in [-0.39, 0.29) is 5.91 Å². The third kappa shape index (κ3) is 5.74. The fourth-order valence-electron chi connectivity index (χ4n) is 2.16. The highest BCUT2D eigenvalue weighted by molar-refractivity contribution is 5.99. The summed E-state index contributed by atoms with van der Waals surface area (Å²) in [4.78, 5) is 18.9. The van der Waals surface area contributed by atoms with Crippen LogP contribution in [0.15, 0.2) is 18.5 Å². The van der Waals surface area contributed by atoms with Crippen LogP contribution in [-0.4, -0.2) is 35.4 Å². The predicted molar refractivity (Wildman–Crippen MR) is 88.7 cm³/mol. The Morgan fingerprint density at radius 1 is 1.14 bits per heavy atom. The number of carbonyl (C=O) groups excluding carboxylic acids is 1. The Hall–Kier alpha value is -1.58. The number of aromatic nitrogens is 1. The van der Waals surface area contributed by atoms with Gasteiger partial charge in [-0.1, -0.05) is 33.6 Å². The van der Waals surface area contributed by atoms with Gasteiger partial charge in [0.05, 0.1) is 17.4 Å². The molecule has 0 saturated carbocycles. The quantitative estimate of drug-likeness (QED) is 0.710. The molecule has 0 aliphatic rings. The van der Waals surface area contributed by atoms with E-state index in [2.05, 4.69) is 31.1 Å². The lowest BCUT2D eigenvalue weighted by Gasteiger charge is -2.23. The van der Waals surface area contributed by atoms with Gasteiger partial charge in [0.1, 0.15) is 0 Å². The molecule has 0 fully saturated rings. The Morgan fingerprint density at radius 2 is 1.81 bits per heavy atom. The summed E-state index contributed by atoms with van der Waals surface area (Å²) in [5, 5.41) is 3.30. The van der Waals surface area contributed by atoms with E-state index >= 15 is 0 Å². The Morgan fingerprint density at radius 3 is 2.38 bits per heavy atom. The number of rotatable bonds is 10. The summed E-state index contributed by atoms with van der Waals surface area (Å²) in [7, 11) is 0. The van der Waals surface area contributed by atoms with Crippen molar-refractivity contribution in [2.45, 2.75) is 52.9 Å². The Bertz CT molecular complexity index is 412. The van der Waals surface area contributed by atoms with Gasteiger partial charge in [0.25, 0.3) is 5.91 Å². The van der Waals surface area contributed by atoms with Crippen LogP contribution in [0.4, 0.5) is 5.69 Å². The molecule has 1 rings (SSSR count). The van der Waals surface area contributed by atoms with E-state index in [0.29, 0.717) is 0 Å². The average Bonchev–Trinajstić information content (AvgIpc) is 2.52. The van der Waals surface area contributed by atoms with E-state index in [0.717, 1.165) is 63.0 Å². The minimum atomic E-state index is 0.123. The zero-order valence-corrected chi connectivity index (χ0v) is 13.7. The molecule has 118 valence electrons. The van der Waals surface area contributed by atoms with E-state index in [1.807, 2.05) is 11.0 Å². The monoisotopic (exact) mass is 291 g/mol. The molecular weight excluding hydrogens is 262 g/mol. The highest BCUT2D eigenvalue weighted by Gasteiger charge is 2.18. The van der Waals surface area contributed by atoms with E-state index in [9.17, 15) is 4.79 Å². The van der Waals surface area contributed by atoms with Crippen molar-refractivity contribution < 1.29 is 4.79 Å². The minimum absolute atomic E-state index is 0.123. The van der Waals surface area contributed by atoms with Gasteiger partial charge in [-0.2, -0.15) is 0 Å². The van der Waals surface area contributed by atoms with Gasteiger partial charge in [0.2, 0.25) is 0 Å². The lowest BCUT2D eigenvalue weighted by Crippen LogP contribution is -2.33. The van der Waals surface area contributed by atoms with Gasteiger partial charge in [-0.25, -0.2) is 0 Å². The van der Waals surface area contributed by atoms with Crippen LogP contribution in [0.25, 0.3) is 0 Å². The lowest BCUT2D eigenvalue weighted by molar-refractivity contribution is 0.0752. The Labute approximate surface area is 129 Å². The lowest BCUT2D eigenvalue weighted by atomic mass is 10.1. The summed E-state index contributed by atoms with van der Waals surface area (Å²) < 4.78 is 0. The molecule has 0 saturated heterocycles. The Kier molecular flexibility index (Phi) is 8.48. The van der Waals surface area contributed by atoms with Crippen LogP contribution in [-0.2, 0) is 0 Å². The predicted octanol–water partition coefficient (Wildman–Crippen LogP) is 3.95. The molecular formula is C17H29N3O. The number of nitrogens with zero attached hydrogens (tertiary/aromatic N) is 2. The normalized spacial score (nSPS) is 10.4. The summed E-state index contributed by atoms with van der Waals surface area (Å²) in [6.45, 7) is 8.96. The van der Waals surface area contributed by atoms with Gasteiger partial charge in [-0.15, -0.1) is 0 Å². The zero-order valence-electron chi connectivity index (χ0n) is 13.7. The molecule has 1 N–H and O–H groups in total. The molecule has 4 heteroatoms. The second-order valence-corrected chi connectivity index (χ2v) is 5.35. The third-order valence-corrected chi connectivity index (χ3v) is 3.47. The summed E-state index contributed by atoms with van der Waals surface area (Å²) in [5.74, 6) is 0.123. The summed E-state index contributed by atoms with van der Waals surface area (Å²) in [6.07, 6.45) is 8.79. The zero-order chi connectivity index (χ0) is 15.5. The summed E-state index contributed by atoms with van der Waals surface area (Å²) >= 11 is 0. The maximum Gasteiger partial charge on any atom is 0.256 e. The first-order valence-electron chi connectivity index (χ1n) is 8.21. The topological polar surface area (TPSA) is 45.2 Å².